The zero-order valence-corrected chi connectivity index (χ0v) is 9.20. The van der Waals surface area contributed by atoms with Crippen LogP contribution in [0.5, 0.6) is 5.75 Å². The van der Waals surface area contributed by atoms with Gasteiger partial charge in [-0.25, -0.2) is 0 Å². The Labute approximate surface area is 91.1 Å². The molecule has 0 atom stereocenters. The molecule has 0 saturated carbocycles. The molecule has 15 heavy (non-hydrogen) atoms. The summed E-state index contributed by atoms with van der Waals surface area (Å²) in [7, 11) is 1.96. The van der Waals surface area contributed by atoms with Crippen LogP contribution in [0.3, 0.4) is 0 Å². The van der Waals surface area contributed by atoms with Crippen LogP contribution in [0.2, 0.25) is 0 Å². The number of aliphatic hydroxyl groups is 1. The van der Waals surface area contributed by atoms with E-state index >= 15 is 0 Å². The van der Waals surface area contributed by atoms with Crippen LogP contribution in [0.4, 0.5) is 0 Å². The lowest BCUT2D eigenvalue weighted by Crippen LogP contribution is -2.08. The molecule has 0 spiro atoms. The molecule has 0 aliphatic heterocycles. The molecule has 0 unspecified atom stereocenters. The van der Waals surface area contributed by atoms with Crippen LogP contribution in [0.25, 0.3) is 0 Å². The quantitative estimate of drug-likeness (QED) is 0.663. The fraction of sp³-hybridized carbons (Fsp3) is 0.500. The van der Waals surface area contributed by atoms with Crippen LogP contribution in [0.1, 0.15) is 12.0 Å². The highest BCUT2D eigenvalue weighted by Crippen LogP contribution is 2.14. The van der Waals surface area contributed by atoms with E-state index in [4.69, 9.17) is 9.84 Å². The van der Waals surface area contributed by atoms with Crippen LogP contribution >= 0.6 is 0 Å². The molecule has 0 bridgehead atoms. The van der Waals surface area contributed by atoms with Gasteiger partial charge in [0.2, 0.25) is 0 Å². The molecule has 3 heteroatoms. The SMILES string of the molecule is CNCCCc1cccc(OCCO)c1. The van der Waals surface area contributed by atoms with E-state index in [1.54, 1.807) is 0 Å². The Hall–Kier alpha value is -1.06. The van der Waals surface area contributed by atoms with E-state index in [1.165, 1.54) is 5.56 Å². The van der Waals surface area contributed by atoms with Gasteiger partial charge in [-0.1, -0.05) is 12.1 Å². The van der Waals surface area contributed by atoms with Crippen LogP contribution in [0.15, 0.2) is 24.3 Å². The minimum Gasteiger partial charge on any atom is -0.491 e. The highest BCUT2D eigenvalue weighted by atomic mass is 16.5. The number of nitrogens with one attached hydrogen (secondary N) is 1. The molecule has 1 rings (SSSR count). The summed E-state index contributed by atoms with van der Waals surface area (Å²) in [5.74, 6) is 0.839. The molecule has 1 aromatic rings. The Morgan fingerprint density at radius 2 is 2.27 bits per heavy atom. The zero-order valence-electron chi connectivity index (χ0n) is 9.20. The summed E-state index contributed by atoms with van der Waals surface area (Å²) < 4.78 is 5.34. The zero-order chi connectivity index (χ0) is 10.9. The molecular formula is C12H19NO2. The maximum absolute atomic E-state index is 8.64. The Kier molecular flexibility index (Phi) is 5.81. The van der Waals surface area contributed by atoms with Crippen molar-refractivity contribution in [1.82, 2.24) is 5.32 Å². The van der Waals surface area contributed by atoms with Crippen molar-refractivity contribution in [2.45, 2.75) is 12.8 Å². The van der Waals surface area contributed by atoms with Crippen molar-refractivity contribution in [2.24, 2.45) is 0 Å². The van der Waals surface area contributed by atoms with E-state index < -0.39 is 0 Å². The highest BCUT2D eigenvalue weighted by Gasteiger charge is 1.96. The second-order valence-electron chi connectivity index (χ2n) is 3.43. The summed E-state index contributed by atoms with van der Waals surface area (Å²) in [6, 6.07) is 8.03. The maximum atomic E-state index is 8.64. The number of ether oxygens (including phenoxy) is 1. The van der Waals surface area contributed by atoms with Gasteiger partial charge in [-0.2, -0.15) is 0 Å². The molecule has 84 valence electrons. The average molecular weight is 209 g/mol. The predicted molar refractivity (Wildman–Crippen MR) is 61.3 cm³/mol. The number of aryl methyl sites for hydroxylation is 1. The van der Waals surface area contributed by atoms with Gasteiger partial charge >= 0.3 is 0 Å². The minimum atomic E-state index is 0.0595. The monoisotopic (exact) mass is 209 g/mol. The third-order valence-electron chi connectivity index (χ3n) is 2.15. The summed E-state index contributed by atoms with van der Waals surface area (Å²) in [6.45, 7) is 1.45. The van der Waals surface area contributed by atoms with Crippen molar-refractivity contribution in [3.8, 4) is 5.75 Å². The van der Waals surface area contributed by atoms with E-state index in [0.29, 0.717) is 6.61 Å². The van der Waals surface area contributed by atoms with Gasteiger partial charge in [0.05, 0.1) is 6.61 Å². The van der Waals surface area contributed by atoms with E-state index in [1.807, 2.05) is 25.2 Å². The molecule has 3 nitrogen and oxygen atoms in total. The molecule has 0 aromatic heterocycles. The molecule has 0 radical (unpaired) electrons. The van der Waals surface area contributed by atoms with Crippen molar-refractivity contribution in [1.29, 1.82) is 0 Å². The molecule has 1 aromatic carbocycles. The summed E-state index contributed by atoms with van der Waals surface area (Å²) in [5.41, 5.74) is 1.28. The second kappa shape index (κ2) is 7.26. The van der Waals surface area contributed by atoms with E-state index in [2.05, 4.69) is 11.4 Å². The van der Waals surface area contributed by atoms with Gasteiger partial charge in [-0.3, -0.25) is 0 Å². The van der Waals surface area contributed by atoms with Crippen molar-refractivity contribution in [3.05, 3.63) is 29.8 Å². The van der Waals surface area contributed by atoms with Gasteiger partial charge in [0.1, 0.15) is 12.4 Å². The maximum Gasteiger partial charge on any atom is 0.119 e. The Bertz CT molecular complexity index is 276. The number of hydrogen-bond donors (Lipinski definition) is 2. The molecule has 2 N–H and O–H groups in total. The summed E-state index contributed by atoms with van der Waals surface area (Å²) in [5, 5.41) is 11.8. The Morgan fingerprint density at radius 1 is 1.40 bits per heavy atom. The topological polar surface area (TPSA) is 41.5 Å². The highest BCUT2D eigenvalue weighted by molar-refractivity contribution is 5.28. The van der Waals surface area contributed by atoms with Gasteiger partial charge in [-0.05, 0) is 44.1 Å². The third kappa shape index (κ3) is 4.81. The van der Waals surface area contributed by atoms with E-state index in [0.717, 1.165) is 25.1 Å². The average Bonchev–Trinajstić information content (AvgIpc) is 2.27. The van der Waals surface area contributed by atoms with Crippen molar-refractivity contribution < 1.29 is 9.84 Å². The van der Waals surface area contributed by atoms with E-state index in [9.17, 15) is 0 Å². The fourth-order valence-electron chi connectivity index (χ4n) is 1.42. The van der Waals surface area contributed by atoms with Crippen molar-refractivity contribution in [2.75, 3.05) is 26.8 Å². The first kappa shape index (κ1) is 12.0. The predicted octanol–water partition coefficient (Wildman–Crippen LogP) is 1.21. The van der Waals surface area contributed by atoms with Crippen LogP contribution < -0.4 is 10.1 Å². The van der Waals surface area contributed by atoms with Gasteiger partial charge < -0.3 is 15.2 Å². The van der Waals surface area contributed by atoms with Crippen molar-refractivity contribution >= 4 is 0 Å². The molecular weight excluding hydrogens is 190 g/mol. The van der Waals surface area contributed by atoms with Gasteiger partial charge in [0.25, 0.3) is 0 Å². The van der Waals surface area contributed by atoms with Gasteiger partial charge in [0.15, 0.2) is 0 Å². The number of benzene rings is 1. The molecule has 0 heterocycles. The number of hydrogen-bond acceptors (Lipinski definition) is 3. The Balaban J connectivity index is 2.42. The normalized spacial score (nSPS) is 10.3. The lowest BCUT2D eigenvalue weighted by atomic mass is 10.1. The van der Waals surface area contributed by atoms with Crippen LogP contribution in [-0.2, 0) is 6.42 Å². The number of rotatable bonds is 7. The first-order chi connectivity index (χ1) is 7.36. The first-order valence-electron chi connectivity index (χ1n) is 5.34. The first-order valence-corrected chi connectivity index (χ1v) is 5.34. The summed E-state index contributed by atoms with van der Waals surface area (Å²) in [4.78, 5) is 0. The molecule has 0 saturated heterocycles. The lowest BCUT2D eigenvalue weighted by Gasteiger charge is -2.06. The smallest absolute Gasteiger partial charge is 0.119 e. The Morgan fingerprint density at radius 3 is 3.00 bits per heavy atom. The second-order valence-corrected chi connectivity index (χ2v) is 3.43. The van der Waals surface area contributed by atoms with E-state index in [-0.39, 0.29) is 6.61 Å². The lowest BCUT2D eigenvalue weighted by molar-refractivity contribution is 0.201. The minimum absolute atomic E-state index is 0.0595. The largest absolute Gasteiger partial charge is 0.491 e. The van der Waals surface area contributed by atoms with Crippen molar-refractivity contribution in [3.63, 3.8) is 0 Å². The molecule has 0 aliphatic rings. The standard InChI is InChI=1S/C12H19NO2/c1-13-7-3-5-11-4-2-6-12(10-11)15-9-8-14/h2,4,6,10,13-14H,3,5,7-9H2,1H3. The van der Waals surface area contributed by atoms with Gasteiger partial charge in [0, 0.05) is 0 Å². The summed E-state index contributed by atoms with van der Waals surface area (Å²) >= 11 is 0. The van der Waals surface area contributed by atoms with Gasteiger partial charge in [-0.15, -0.1) is 0 Å². The summed E-state index contributed by atoms with van der Waals surface area (Å²) in [6.07, 6.45) is 2.18. The molecule has 0 aliphatic carbocycles. The molecule has 0 fully saturated rings. The fourth-order valence-corrected chi connectivity index (χ4v) is 1.42. The van der Waals surface area contributed by atoms with Crippen LogP contribution in [-0.4, -0.2) is 31.9 Å². The van der Waals surface area contributed by atoms with Crippen LogP contribution in [0, 0.1) is 0 Å². The molecule has 0 amide bonds. The third-order valence-corrected chi connectivity index (χ3v) is 2.15. The number of aliphatic hydroxyl groups excluding tert-OH is 1.